The first-order valence-electron chi connectivity index (χ1n) is 6.58. The number of carboxylic acid groups (broad SMARTS) is 1. The second kappa shape index (κ2) is 5.59. The summed E-state index contributed by atoms with van der Waals surface area (Å²) in [7, 11) is 0. The first kappa shape index (κ1) is 14.5. The number of likely N-dealkylation sites (tertiary alicyclic amines) is 1. The van der Waals surface area contributed by atoms with E-state index in [9.17, 15) is 14.3 Å². The fourth-order valence-corrected chi connectivity index (χ4v) is 2.48. The van der Waals surface area contributed by atoms with Crippen LogP contribution in [0, 0.1) is 22.6 Å². The number of halogens is 1. The number of nitriles is 1. The fraction of sp³-hybridized carbons (Fsp3) is 0.467. The van der Waals surface area contributed by atoms with E-state index in [0.717, 1.165) is 5.56 Å². The molecule has 106 valence electrons. The maximum atomic E-state index is 13.4. The van der Waals surface area contributed by atoms with Crippen LogP contribution < -0.4 is 0 Å². The summed E-state index contributed by atoms with van der Waals surface area (Å²) >= 11 is 0. The average molecular weight is 276 g/mol. The van der Waals surface area contributed by atoms with Gasteiger partial charge in [0.2, 0.25) is 0 Å². The Morgan fingerprint density at radius 3 is 2.65 bits per heavy atom. The lowest BCUT2D eigenvalue weighted by Gasteiger charge is -2.36. The number of benzene rings is 1. The van der Waals surface area contributed by atoms with Gasteiger partial charge < -0.3 is 5.11 Å². The Kier molecular flexibility index (Phi) is 4.05. The lowest BCUT2D eigenvalue weighted by Crippen LogP contribution is -2.42. The number of hydrogen-bond donors (Lipinski definition) is 1. The molecule has 0 aliphatic carbocycles. The van der Waals surface area contributed by atoms with E-state index in [0.29, 0.717) is 38.0 Å². The molecule has 0 unspecified atom stereocenters. The number of hydrogen-bond acceptors (Lipinski definition) is 3. The molecular weight excluding hydrogens is 259 g/mol. The number of rotatable bonds is 3. The molecule has 1 aliphatic heterocycles. The predicted octanol–water partition coefficient (Wildman–Crippen LogP) is 2.38. The van der Waals surface area contributed by atoms with Crippen molar-refractivity contribution in [2.75, 3.05) is 13.1 Å². The highest BCUT2D eigenvalue weighted by Gasteiger charge is 2.36. The smallest absolute Gasteiger partial charge is 0.309 e. The maximum absolute atomic E-state index is 13.4. The van der Waals surface area contributed by atoms with E-state index in [-0.39, 0.29) is 0 Å². The Labute approximate surface area is 117 Å². The van der Waals surface area contributed by atoms with Gasteiger partial charge in [0.05, 0.1) is 17.0 Å². The minimum Gasteiger partial charge on any atom is -0.481 e. The van der Waals surface area contributed by atoms with Gasteiger partial charge in [-0.05, 0) is 56.6 Å². The molecule has 1 saturated heterocycles. The van der Waals surface area contributed by atoms with E-state index in [1.807, 2.05) is 6.07 Å². The number of piperidine rings is 1. The summed E-state index contributed by atoms with van der Waals surface area (Å²) in [6, 6.07) is 6.24. The standard InChI is InChI=1S/C15H17FN2O2/c1-15(14(19)20)2-4-18(5-3-15)10-12-6-11(9-17)7-13(16)8-12/h6-8H,2-5,10H2,1H3,(H,19,20). The zero-order valence-electron chi connectivity index (χ0n) is 11.4. The van der Waals surface area contributed by atoms with Crippen LogP contribution in [-0.2, 0) is 11.3 Å². The van der Waals surface area contributed by atoms with E-state index in [4.69, 9.17) is 5.26 Å². The molecule has 0 spiro atoms. The molecular formula is C15H17FN2O2. The zero-order valence-corrected chi connectivity index (χ0v) is 11.4. The first-order chi connectivity index (χ1) is 9.43. The highest BCUT2D eigenvalue weighted by molar-refractivity contribution is 5.74. The van der Waals surface area contributed by atoms with Crippen LogP contribution in [-0.4, -0.2) is 29.1 Å². The summed E-state index contributed by atoms with van der Waals surface area (Å²) in [5, 5.41) is 18.0. The summed E-state index contributed by atoms with van der Waals surface area (Å²) in [6.07, 6.45) is 1.17. The number of nitrogens with zero attached hydrogens (tertiary/aromatic N) is 2. The Morgan fingerprint density at radius 2 is 2.10 bits per heavy atom. The molecule has 20 heavy (non-hydrogen) atoms. The van der Waals surface area contributed by atoms with Crippen molar-refractivity contribution in [2.45, 2.75) is 26.3 Å². The topological polar surface area (TPSA) is 64.3 Å². The monoisotopic (exact) mass is 276 g/mol. The van der Waals surface area contributed by atoms with Crippen LogP contribution in [0.5, 0.6) is 0 Å². The Hall–Kier alpha value is -1.93. The first-order valence-corrected chi connectivity index (χ1v) is 6.58. The molecule has 4 nitrogen and oxygen atoms in total. The predicted molar refractivity (Wildman–Crippen MR) is 71.4 cm³/mol. The molecule has 2 rings (SSSR count). The van der Waals surface area contributed by atoms with Crippen molar-refractivity contribution in [3.8, 4) is 6.07 Å². The number of carboxylic acids is 1. The van der Waals surface area contributed by atoms with Crippen LogP contribution >= 0.6 is 0 Å². The number of carbonyl (C=O) groups is 1. The second-order valence-corrected chi connectivity index (χ2v) is 5.60. The lowest BCUT2D eigenvalue weighted by atomic mass is 9.80. The average Bonchev–Trinajstić information content (AvgIpc) is 2.40. The van der Waals surface area contributed by atoms with Gasteiger partial charge in [0, 0.05) is 6.54 Å². The van der Waals surface area contributed by atoms with Crippen molar-refractivity contribution >= 4 is 5.97 Å². The van der Waals surface area contributed by atoms with Gasteiger partial charge in [-0.15, -0.1) is 0 Å². The largest absolute Gasteiger partial charge is 0.481 e. The van der Waals surface area contributed by atoms with Crippen LogP contribution in [0.3, 0.4) is 0 Å². The van der Waals surface area contributed by atoms with Crippen LogP contribution in [0.1, 0.15) is 30.9 Å². The van der Waals surface area contributed by atoms with Crippen molar-refractivity contribution in [1.82, 2.24) is 4.90 Å². The molecule has 1 heterocycles. The normalized spacial score (nSPS) is 18.4. The van der Waals surface area contributed by atoms with Gasteiger partial charge >= 0.3 is 5.97 Å². The van der Waals surface area contributed by atoms with Gasteiger partial charge in [0.1, 0.15) is 5.82 Å². The molecule has 0 aromatic heterocycles. The lowest BCUT2D eigenvalue weighted by molar-refractivity contribution is -0.150. The van der Waals surface area contributed by atoms with Gasteiger partial charge in [-0.1, -0.05) is 0 Å². The summed E-state index contributed by atoms with van der Waals surface area (Å²) < 4.78 is 13.4. The van der Waals surface area contributed by atoms with Crippen molar-refractivity contribution < 1.29 is 14.3 Å². The van der Waals surface area contributed by atoms with Gasteiger partial charge in [-0.3, -0.25) is 9.69 Å². The van der Waals surface area contributed by atoms with Crippen LogP contribution in [0.25, 0.3) is 0 Å². The van der Waals surface area contributed by atoms with Crippen molar-refractivity contribution in [2.24, 2.45) is 5.41 Å². The Balaban J connectivity index is 2.01. The summed E-state index contributed by atoms with van der Waals surface area (Å²) in [5.74, 6) is -1.17. The number of aliphatic carboxylic acids is 1. The Morgan fingerprint density at radius 1 is 1.45 bits per heavy atom. The molecule has 0 amide bonds. The van der Waals surface area contributed by atoms with Gasteiger partial charge in [-0.2, -0.15) is 5.26 Å². The van der Waals surface area contributed by atoms with E-state index in [1.165, 1.54) is 12.1 Å². The summed E-state index contributed by atoms with van der Waals surface area (Å²) in [4.78, 5) is 13.3. The van der Waals surface area contributed by atoms with Gasteiger partial charge in [0.25, 0.3) is 0 Å². The molecule has 1 fully saturated rings. The molecule has 1 aliphatic rings. The highest BCUT2D eigenvalue weighted by Crippen LogP contribution is 2.31. The van der Waals surface area contributed by atoms with Crippen molar-refractivity contribution in [1.29, 1.82) is 5.26 Å². The third-order valence-corrected chi connectivity index (χ3v) is 3.97. The molecule has 0 atom stereocenters. The maximum Gasteiger partial charge on any atom is 0.309 e. The minimum absolute atomic E-state index is 0.312. The molecule has 0 saturated carbocycles. The molecule has 1 N–H and O–H groups in total. The van der Waals surface area contributed by atoms with E-state index in [1.54, 1.807) is 13.0 Å². The molecule has 1 aromatic rings. The van der Waals surface area contributed by atoms with Crippen molar-refractivity contribution in [3.63, 3.8) is 0 Å². The van der Waals surface area contributed by atoms with E-state index in [2.05, 4.69) is 4.90 Å². The minimum atomic E-state index is -0.755. The van der Waals surface area contributed by atoms with Gasteiger partial charge in [0.15, 0.2) is 0 Å². The second-order valence-electron chi connectivity index (χ2n) is 5.60. The summed E-state index contributed by atoms with van der Waals surface area (Å²) in [5.41, 5.74) is 0.406. The van der Waals surface area contributed by atoms with E-state index < -0.39 is 17.2 Å². The highest BCUT2D eigenvalue weighted by atomic mass is 19.1. The third-order valence-electron chi connectivity index (χ3n) is 3.97. The van der Waals surface area contributed by atoms with Crippen LogP contribution in [0.4, 0.5) is 4.39 Å². The van der Waals surface area contributed by atoms with E-state index >= 15 is 0 Å². The SMILES string of the molecule is CC1(C(=O)O)CCN(Cc2cc(F)cc(C#N)c2)CC1. The molecule has 5 heteroatoms. The Bertz CT molecular complexity index is 557. The third kappa shape index (κ3) is 3.14. The zero-order chi connectivity index (χ0) is 14.8. The molecule has 1 aromatic carbocycles. The molecule has 0 bridgehead atoms. The van der Waals surface area contributed by atoms with Crippen LogP contribution in [0.2, 0.25) is 0 Å². The molecule has 0 radical (unpaired) electrons. The fourth-order valence-electron chi connectivity index (χ4n) is 2.48. The van der Waals surface area contributed by atoms with Crippen molar-refractivity contribution in [3.05, 3.63) is 35.1 Å². The summed E-state index contributed by atoms with van der Waals surface area (Å²) in [6.45, 7) is 3.65. The van der Waals surface area contributed by atoms with Gasteiger partial charge in [-0.25, -0.2) is 4.39 Å². The van der Waals surface area contributed by atoms with Crippen LogP contribution in [0.15, 0.2) is 18.2 Å². The quantitative estimate of drug-likeness (QED) is 0.920.